The maximum absolute atomic E-state index is 10.3. The van der Waals surface area contributed by atoms with Gasteiger partial charge in [0, 0.05) is 19.3 Å². The van der Waals surface area contributed by atoms with Crippen LogP contribution in [0.2, 0.25) is 0 Å². The Morgan fingerprint density at radius 1 is 1.30 bits per heavy atom. The van der Waals surface area contributed by atoms with Crippen molar-refractivity contribution >= 4 is 5.82 Å². The molecule has 0 radical (unpaired) electrons. The lowest BCUT2D eigenvalue weighted by molar-refractivity contribution is 0.148. The standard InChI is InChI=1S/C17H19N5O/c18-10-12-4-5-19-16(8-12)21-6-1-7-22-14(11-21)9-15(20-22)17(23)13-2-3-13/h4-5,8-9,13,17,23H,1-3,6-7,11H2/t17-/m1/s1. The van der Waals surface area contributed by atoms with E-state index in [1.807, 2.05) is 16.8 Å². The Hall–Kier alpha value is -2.39. The second kappa shape index (κ2) is 5.67. The van der Waals surface area contributed by atoms with Gasteiger partial charge in [0.15, 0.2) is 0 Å². The van der Waals surface area contributed by atoms with Gasteiger partial charge >= 0.3 is 0 Å². The average Bonchev–Trinajstić information content (AvgIpc) is 3.38. The van der Waals surface area contributed by atoms with Crippen LogP contribution in [-0.4, -0.2) is 26.4 Å². The van der Waals surface area contributed by atoms with Gasteiger partial charge in [0.1, 0.15) is 11.9 Å². The summed E-state index contributed by atoms with van der Waals surface area (Å²) in [5.74, 6) is 1.21. The molecule has 0 saturated heterocycles. The lowest BCUT2D eigenvalue weighted by Crippen LogP contribution is -2.23. The number of aromatic nitrogens is 3. The Bertz CT molecular complexity index is 759. The maximum Gasteiger partial charge on any atom is 0.130 e. The molecule has 0 bridgehead atoms. The van der Waals surface area contributed by atoms with Gasteiger partial charge in [0.25, 0.3) is 0 Å². The first kappa shape index (κ1) is 14.2. The van der Waals surface area contributed by atoms with Gasteiger partial charge in [-0.15, -0.1) is 0 Å². The van der Waals surface area contributed by atoms with Crippen LogP contribution < -0.4 is 4.90 Å². The summed E-state index contributed by atoms with van der Waals surface area (Å²) in [4.78, 5) is 6.58. The number of hydrogen-bond acceptors (Lipinski definition) is 5. The molecule has 1 N–H and O–H groups in total. The topological polar surface area (TPSA) is 78.0 Å². The first-order valence-electron chi connectivity index (χ1n) is 8.10. The molecule has 1 fully saturated rings. The third-order valence-corrected chi connectivity index (χ3v) is 4.60. The summed E-state index contributed by atoms with van der Waals surface area (Å²) in [6.07, 6.45) is 4.41. The molecular weight excluding hydrogens is 290 g/mol. The zero-order valence-electron chi connectivity index (χ0n) is 12.9. The summed E-state index contributed by atoms with van der Waals surface area (Å²) in [6, 6.07) is 7.73. The highest BCUT2D eigenvalue weighted by Crippen LogP contribution is 2.40. The van der Waals surface area contributed by atoms with Crippen molar-refractivity contribution in [2.75, 3.05) is 11.4 Å². The number of rotatable bonds is 3. The van der Waals surface area contributed by atoms with Gasteiger partial charge < -0.3 is 10.0 Å². The van der Waals surface area contributed by atoms with E-state index in [9.17, 15) is 5.11 Å². The van der Waals surface area contributed by atoms with Crippen LogP contribution in [0.5, 0.6) is 0 Å². The lowest BCUT2D eigenvalue weighted by atomic mass is 10.1. The first-order chi connectivity index (χ1) is 11.2. The van der Waals surface area contributed by atoms with Crippen molar-refractivity contribution in [3.05, 3.63) is 41.3 Å². The predicted molar refractivity (Wildman–Crippen MR) is 84.5 cm³/mol. The highest BCUT2D eigenvalue weighted by Gasteiger charge is 2.33. The first-order valence-corrected chi connectivity index (χ1v) is 8.10. The number of pyridine rings is 1. The van der Waals surface area contributed by atoms with Gasteiger partial charge in [-0.05, 0) is 43.4 Å². The Balaban J connectivity index is 1.59. The lowest BCUT2D eigenvalue weighted by Gasteiger charge is -2.21. The Morgan fingerprint density at radius 2 is 2.17 bits per heavy atom. The minimum Gasteiger partial charge on any atom is -0.386 e. The zero-order chi connectivity index (χ0) is 15.8. The van der Waals surface area contributed by atoms with Crippen LogP contribution in [0.15, 0.2) is 24.4 Å². The van der Waals surface area contributed by atoms with E-state index < -0.39 is 6.10 Å². The normalized spacial score (nSPS) is 18.9. The molecule has 0 aromatic carbocycles. The molecule has 1 saturated carbocycles. The van der Waals surface area contributed by atoms with Gasteiger partial charge in [0.2, 0.25) is 0 Å². The maximum atomic E-state index is 10.3. The summed E-state index contributed by atoms with van der Waals surface area (Å²) in [5.41, 5.74) is 2.52. The molecule has 23 heavy (non-hydrogen) atoms. The number of aliphatic hydroxyl groups is 1. The van der Waals surface area contributed by atoms with E-state index in [4.69, 9.17) is 5.26 Å². The van der Waals surface area contributed by atoms with E-state index >= 15 is 0 Å². The average molecular weight is 309 g/mol. The van der Waals surface area contributed by atoms with Crippen molar-refractivity contribution in [1.29, 1.82) is 5.26 Å². The molecule has 6 nitrogen and oxygen atoms in total. The molecule has 118 valence electrons. The molecule has 0 amide bonds. The van der Waals surface area contributed by atoms with Crippen molar-refractivity contribution in [3.63, 3.8) is 0 Å². The fourth-order valence-electron chi connectivity index (χ4n) is 3.14. The fraction of sp³-hybridized carbons (Fsp3) is 0.471. The second-order valence-corrected chi connectivity index (χ2v) is 6.36. The molecule has 2 aromatic rings. The third kappa shape index (κ3) is 2.80. The minimum absolute atomic E-state index is 0.388. The van der Waals surface area contributed by atoms with Gasteiger partial charge in [-0.25, -0.2) is 4.98 Å². The number of nitrogens with zero attached hydrogens (tertiary/aromatic N) is 5. The quantitative estimate of drug-likeness (QED) is 0.938. The highest BCUT2D eigenvalue weighted by molar-refractivity contribution is 5.45. The summed E-state index contributed by atoms with van der Waals surface area (Å²) in [7, 11) is 0. The highest BCUT2D eigenvalue weighted by atomic mass is 16.3. The van der Waals surface area contributed by atoms with Crippen LogP contribution >= 0.6 is 0 Å². The predicted octanol–water partition coefficient (Wildman–Crippen LogP) is 2.00. The third-order valence-electron chi connectivity index (χ3n) is 4.60. The number of aryl methyl sites for hydroxylation is 1. The molecule has 2 aliphatic rings. The van der Waals surface area contributed by atoms with Crippen molar-refractivity contribution in [2.45, 2.75) is 38.5 Å². The van der Waals surface area contributed by atoms with Crippen molar-refractivity contribution in [3.8, 4) is 6.07 Å². The largest absolute Gasteiger partial charge is 0.386 e. The van der Waals surface area contributed by atoms with E-state index in [-0.39, 0.29) is 0 Å². The smallest absolute Gasteiger partial charge is 0.130 e. The van der Waals surface area contributed by atoms with Crippen molar-refractivity contribution in [1.82, 2.24) is 14.8 Å². The van der Waals surface area contributed by atoms with Crippen molar-refractivity contribution < 1.29 is 5.11 Å². The van der Waals surface area contributed by atoms with E-state index in [1.54, 1.807) is 12.3 Å². The summed E-state index contributed by atoms with van der Waals surface area (Å²) in [5, 5.41) is 24.0. The molecular formula is C17H19N5O. The van der Waals surface area contributed by atoms with Crippen LogP contribution in [-0.2, 0) is 13.1 Å². The number of anilines is 1. The van der Waals surface area contributed by atoms with Gasteiger partial charge in [0.05, 0.1) is 29.6 Å². The molecule has 4 rings (SSSR count). The molecule has 1 atom stereocenters. The molecule has 0 spiro atoms. The Kier molecular flexibility index (Phi) is 3.50. The molecule has 1 aliphatic carbocycles. The van der Waals surface area contributed by atoms with Gasteiger partial charge in [-0.1, -0.05) is 0 Å². The fourth-order valence-corrected chi connectivity index (χ4v) is 3.14. The number of nitriles is 1. The van der Waals surface area contributed by atoms with Crippen LogP contribution in [0.3, 0.4) is 0 Å². The summed E-state index contributed by atoms with van der Waals surface area (Å²) < 4.78 is 2.01. The van der Waals surface area contributed by atoms with E-state index in [1.165, 1.54) is 0 Å². The molecule has 6 heteroatoms. The molecule has 0 unspecified atom stereocenters. The molecule has 2 aromatic heterocycles. The van der Waals surface area contributed by atoms with E-state index in [0.717, 1.165) is 49.6 Å². The van der Waals surface area contributed by atoms with Crippen LogP contribution in [0.4, 0.5) is 5.82 Å². The summed E-state index contributed by atoms with van der Waals surface area (Å²) in [6.45, 7) is 2.43. The minimum atomic E-state index is -0.428. The van der Waals surface area contributed by atoms with Crippen LogP contribution in [0, 0.1) is 17.2 Å². The summed E-state index contributed by atoms with van der Waals surface area (Å²) >= 11 is 0. The molecule has 1 aliphatic heterocycles. The second-order valence-electron chi connectivity index (χ2n) is 6.36. The Labute approximate surface area is 135 Å². The monoisotopic (exact) mass is 309 g/mol. The van der Waals surface area contributed by atoms with Gasteiger partial charge in [-0.3, -0.25) is 4.68 Å². The molecule has 3 heterocycles. The van der Waals surface area contributed by atoms with Gasteiger partial charge in [-0.2, -0.15) is 10.4 Å². The zero-order valence-corrected chi connectivity index (χ0v) is 12.9. The SMILES string of the molecule is N#Cc1ccnc(N2CCCn3nc([C@H](O)C4CC4)cc3C2)c1. The Morgan fingerprint density at radius 3 is 2.96 bits per heavy atom. The van der Waals surface area contributed by atoms with Crippen molar-refractivity contribution in [2.24, 2.45) is 5.92 Å². The van der Waals surface area contributed by atoms with E-state index in [0.29, 0.717) is 18.0 Å². The number of fused-ring (bicyclic) bond motifs is 1. The number of hydrogen-bond donors (Lipinski definition) is 1. The van der Waals surface area contributed by atoms with E-state index in [2.05, 4.69) is 21.1 Å². The van der Waals surface area contributed by atoms with Crippen LogP contribution in [0.25, 0.3) is 0 Å². The number of aliphatic hydroxyl groups excluding tert-OH is 1. The van der Waals surface area contributed by atoms with Crippen LogP contribution in [0.1, 0.15) is 42.3 Å².